The maximum atomic E-state index is 12.4. The smallest absolute Gasteiger partial charge is 0.223 e. The molecule has 0 aromatic carbocycles. The van der Waals surface area contributed by atoms with Crippen molar-refractivity contribution in [1.82, 2.24) is 10.2 Å². The zero-order valence-corrected chi connectivity index (χ0v) is 12.3. The van der Waals surface area contributed by atoms with Crippen molar-refractivity contribution in [3.8, 4) is 0 Å². The van der Waals surface area contributed by atoms with Crippen molar-refractivity contribution in [3.05, 3.63) is 0 Å². The average Bonchev–Trinajstić information content (AvgIpc) is 2.72. The third-order valence-electron chi connectivity index (χ3n) is 4.25. The molecule has 2 saturated heterocycles. The normalized spacial score (nSPS) is 29.4. The highest BCUT2D eigenvalue weighted by atomic mass is 16.2. The monoisotopic (exact) mass is 252 g/mol. The van der Waals surface area contributed by atoms with E-state index in [1.165, 1.54) is 6.42 Å². The Kier molecular flexibility index (Phi) is 4.00. The van der Waals surface area contributed by atoms with E-state index < -0.39 is 0 Å². The summed E-state index contributed by atoms with van der Waals surface area (Å²) in [4.78, 5) is 14.5. The Hall–Kier alpha value is -0.570. The number of rotatable bonds is 3. The van der Waals surface area contributed by atoms with Crippen LogP contribution in [0.25, 0.3) is 0 Å². The maximum absolute atomic E-state index is 12.4. The predicted octanol–water partition coefficient (Wildman–Crippen LogP) is 2.27. The fourth-order valence-electron chi connectivity index (χ4n) is 3.69. The highest BCUT2D eigenvalue weighted by molar-refractivity contribution is 5.77. The van der Waals surface area contributed by atoms with E-state index in [1.54, 1.807) is 0 Å². The van der Waals surface area contributed by atoms with Crippen LogP contribution >= 0.6 is 0 Å². The number of nitrogens with zero attached hydrogens (tertiary/aromatic N) is 1. The van der Waals surface area contributed by atoms with E-state index >= 15 is 0 Å². The summed E-state index contributed by atoms with van der Waals surface area (Å²) in [6.45, 7) is 12.1. The van der Waals surface area contributed by atoms with Gasteiger partial charge < -0.3 is 10.2 Å². The summed E-state index contributed by atoms with van der Waals surface area (Å²) in [7, 11) is 0. The molecule has 0 bridgehead atoms. The van der Waals surface area contributed by atoms with E-state index in [9.17, 15) is 4.79 Å². The zero-order chi connectivity index (χ0) is 13.3. The molecule has 104 valence electrons. The topological polar surface area (TPSA) is 32.3 Å². The molecule has 0 aromatic rings. The first-order valence-electron chi connectivity index (χ1n) is 7.37. The van der Waals surface area contributed by atoms with Crippen LogP contribution in [0.2, 0.25) is 0 Å². The van der Waals surface area contributed by atoms with Gasteiger partial charge in [0.05, 0.1) is 0 Å². The number of amides is 1. The molecule has 3 heteroatoms. The minimum absolute atomic E-state index is 0.322. The van der Waals surface area contributed by atoms with Crippen LogP contribution in [0.15, 0.2) is 0 Å². The van der Waals surface area contributed by atoms with Crippen molar-refractivity contribution >= 4 is 5.91 Å². The third kappa shape index (κ3) is 3.25. The van der Waals surface area contributed by atoms with E-state index in [1.807, 2.05) is 0 Å². The molecule has 2 rings (SSSR count). The van der Waals surface area contributed by atoms with Crippen molar-refractivity contribution in [2.45, 2.75) is 53.0 Å². The number of carbonyl (C=O) groups is 1. The maximum Gasteiger partial charge on any atom is 0.223 e. The van der Waals surface area contributed by atoms with Crippen LogP contribution in [0.1, 0.15) is 47.0 Å². The number of hydrogen-bond acceptors (Lipinski definition) is 2. The molecule has 1 N–H and O–H groups in total. The Morgan fingerprint density at radius 2 is 2.11 bits per heavy atom. The first kappa shape index (κ1) is 13.9. The molecule has 0 saturated carbocycles. The lowest BCUT2D eigenvalue weighted by molar-refractivity contribution is -0.133. The second kappa shape index (κ2) is 5.20. The van der Waals surface area contributed by atoms with Crippen molar-refractivity contribution < 1.29 is 4.79 Å². The fraction of sp³-hybridized carbons (Fsp3) is 0.933. The molecule has 3 atom stereocenters. The van der Waals surface area contributed by atoms with Gasteiger partial charge in [-0.05, 0) is 30.1 Å². The predicted molar refractivity (Wildman–Crippen MR) is 74.3 cm³/mol. The van der Waals surface area contributed by atoms with Crippen LogP contribution < -0.4 is 5.32 Å². The van der Waals surface area contributed by atoms with Crippen molar-refractivity contribution in [2.75, 3.05) is 19.6 Å². The number of nitrogens with one attached hydrogen (secondary N) is 1. The Bertz CT molecular complexity index is 308. The third-order valence-corrected chi connectivity index (χ3v) is 4.25. The van der Waals surface area contributed by atoms with Gasteiger partial charge in [0.2, 0.25) is 5.91 Å². The van der Waals surface area contributed by atoms with Crippen LogP contribution in [0.4, 0.5) is 0 Å². The first-order chi connectivity index (χ1) is 8.37. The molecular weight excluding hydrogens is 224 g/mol. The molecule has 1 unspecified atom stereocenters. The molecule has 0 aliphatic carbocycles. The van der Waals surface area contributed by atoms with Crippen molar-refractivity contribution in [2.24, 2.45) is 17.3 Å². The Labute approximate surface area is 111 Å². The number of likely N-dealkylation sites (tertiary alicyclic amines) is 1. The second-order valence-corrected chi connectivity index (χ2v) is 7.44. The van der Waals surface area contributed by atoms with E-state index in [2.05, 4.69) is 37.9 Å². The molecule has 2 aliphatic rings. The number of fused-ring (bicyclic) bond motifs is 1. The lowest BCUT2D eigenvalue weighted by atomic mass is 9.84. The highest BCUT2D eigenvalue weighted by Gasteiger charge is 2.39. The molecule has 0 radical (unpaired) electrons. The van der Waals surface area contributed by atoms with E-state index in [-0.39, 0.29) is 0 Å². The van der Waals surface area contributed by atoms with Gasteiger partial charge in [0.25, 0.3) is 0 Å². The van der Waals surface area contributed by atoms with E-state index in [4.69, 9.17) is 0 Å². The molecule has 3 nitrogen and oxygen atoms in total. The van der Waals surface area contributed by atoms with Gasteiger partial charge in [0.1, 0.15) is 0 Å². The van der Waals surface area contributed by atoms with Crippen LogP contribution in [0, 0.1) is 17.3 Å². The average molecular weight is 252 g/mol. The molecule has 1 amide bonds. The Balaban J connectivity index is 1.84. The van der Waals surface area contributed by atoms with Gasteiger partial charge in [-0.2, -0.15) is 0 Å². The highest BCUT2D eigenvalue weighted by Crippen LogP contribution is 2.30. The summed E-state index contributed by atoms with van der Waals surface area (Å²) in [6, 6.07) is 0.485. The molecular formula is C15H28N2O. The quantitative estimate of drug-likeness (QED) is 0.835. The van der Waals surface area contributed by atoms with Crippen LogP contribution in [-0.2, 0) is 4.79 Å². The van der Waals surface area contributed by atoms with E-state index in [0.717, 1.165) is 32.5 Å². The summed E-state index contributed by atoms with van der Waals surface area (Å²) in [5.41, 5.74) is 0.322. The number of hydrogen-bond donors (Lipinski definition) is 1. The van der Waals surface area contributed by atoms with Gasteiger partial charge in [0, 0.05) is 32.1 Å². The van der Waals surface area contributed by atoms with Crippen LogP contribution in [-0.4, -0.2) is 36.5 Å². The summed E-state index contributed by atoms with van der Waals surface area (Å²) >= 11 is 0. The largest absolute Gasteiger partial charge is 0.338 e. The number of carbonyl (C=O) groups excluding carboxylic acids is 1. The van der Waals surface area contributed by atoms with Gasteiger partial charge in [-0.15, -0.1) is 0 Å². The minimum atomic E-state index is 0.322. The SMILES string of the molecule is CC(CC(=O)N1CC[C@@H]2CNC[C@@H]21)CC(C)(C)C. The van der Waals surface area contributed by atoms with Gasteiger partial charge in [-0.3, -0.25) is 4.79 Å². The Morgan fingerprint density at radius 1 is 1.39 bits per heavy atom. The Morgan fingerprint density at radius 3 is 2.78 bits per heavy atom. The minimum Gasteiger partial charge on any atom is -0.338 e. The van der Waals surface area contributed by atoms with Crippen molar-refractivity contribution in [3.63, 3.8) is 0 Å². The summed E-state index contributed by atoms with van der Waals surface area (Å²) < 4.78 is 0. The summed E-state index contributed by atoms with van der Waals surface area (Å²) in [6.07, 6.45) is 3.04. The summed E-state index contributed by atoms with van der Waals surface area (Å²) in [5.74, 6) is 1.58. The molecule has 2 fully saturated rings. The van der Waals surface area contributed by atoms with Gasteiger partial charge in [-0.25, -0.2) is 0 Å². The molecule has 2 aliphatic heterocycles. The van der Waals surface area contributed by atoms with Crippen molar-refractivity contribution in [1.29, 1.82) is 0 Å². The van der Waals surface area contributed by atoms with Crippen LogP contribution in [0.3, 0.4) is 0 Å². The fourth-order valence-corrected chi connectivity index (χ4v) is 3.69. The molecule has 0 aromatic heterocycles. The van der Waals surface area contributed by atoms with Gasteiger partial charge in [0.15, 0.2) is 0 Å². The van der Waals surface area contributed by atoms with Crippen LogP contribution in [0.5, 0.6) is 0 Å². The zero-order valence-electron chi connectivity index (χ0n) is 12.3. The first-order valence-corrected chi connectivity index (χ1v) is 7.37. The molecule has 0 spiro atoms. The standard InChI is InChI=1S/C15H28N2O/c1-11(8-15(2,3)4)7-14(18)17-6-5-12-9-16-10-13(12)17/h11-13,16H,5-10H2,1-4H3/t11?,12-,13+/m1/s1. The van der Waals surface area contributed by atoms with E-state index in [0.29, 0.717) is 29.2 Å². The van der Waals surface area contributed by atoms with Gasteiger partial charge >= 0.3 is 0 Å². The second-order valence-electron chi connectivity index (χ2n) is 7.44. The lowest BCUT2D eigenvalue weighted by Gasteiger charge is -2.27. The molecule has 18 heavy (non-hydrogen) atoms. The van der Waals surface area contributed by atoms with Gasteiger partial charge in [-0.1, -0.05) is 27.7 Å². The summed E-state index contributed by atoms with van der Waals surface area (Å²) in [5, 5.41) is 3.41. The molecule has 2 heterocycles. The lowest BCUT2D eigenvalue weighted by Crippen LogP contribution is -2.39.